The molecule has 0 aliphatic heterocycles. The van der Waals surface area contributed by atoms with Gasteiger partial charge in [0, 0.05) is 16.1 Å². The van der Waals surface area contributed by atoms with Crippen molar-refractivity contribution in [2.75, 3.05) is 13.2 Å². The molecule has 0 saturated heterocycles. The van der Waals surface area contributed by atoms with Crippen molar-refractivity contribution in [3.63, 3.8) is 0 Å². The van der Waals surface area contributed by atoms with Crippen LogP contribution in [0.5, 0.6) is 5.75 Å². The van der Waals surface area contributed by atoms with Crippen molar-refractivity contribution in [2.24, 2.45) is 5.10 Å². The summed E-state index contributed by atoms with van der Waals surface area (Å²) in [5, 5.41) is 7.23. The van der Waals surface area contributed by atoms with Gasteiger partial charge in [-0.3, -0.25) is 9.59 Å². The molecule has 0 atom stereocenters. The topological polar surface area (TPSA) is 79.8 Å². The zero-order chi connectivity index (χ0) is 18.9. The maximum Gasteiger partial charge on any atom is 0.259 e. The molecule has 0 heterocycles. The predicted octanol–water partition coefficient (Wildman–Crippen LogP) is 3.27. The molecule has 0 radical (unpaired) electrons. The molecule has 0 fully saturated rings. The second-order valence-electron chi connectivity index (χ2n) is 5.10. The van der Waals surface area contributed by atoms with Crippen LogP contribution in [0.3, 0.4) is 0 Å². The highest BCUT2D eigenvalue weighted by Crippen LogP contribution is 2.19. The van der Waals surface area contributed by atoms with Gasteiger partial charge in [-0.1, -0.05) is 29.3 Å². The first kappa shape index (κ1) is 19.8. The Morgan fingerprint density at radius 3 is 2.54 bits per heavy atom. The van der Waals surface area contributed by atoms with Crippen LogP contribution in [0, 0.1) is 0 Å². The van der Waals surface area contributed by atoms with Crippen LogP contribution in [0.2, 0.25) is 10.0 Å². The molecule has 0 spiro atoms. The van der Waals surface area contributed by atoms with Gasteiger partial charge < -0.3 is 10.1 Å². The lowest BCUT2D eigenvalue weighted by Crippen LogP contribution is -2.34. The van der Waals surface area contributed by atoms with Crippen molar-refractivity contribution in [3.8, 4) is 5.75 Å². The highest BCUT2D eigenvalue weighted by Gasteiger charge is 2.08. The lowest BCUT2D eigenvalue weighted by molar-refractivity contribution is -0.120. The number of hydrogen-bond acceptors (Lipinski definition) is 4. The molecule has 2 amide bonds. The molecule has 26 heavy (non-hydrogen) atoms. The van der Waals surface area contributed by atoms with Gasteiger partial charge in [-0.25, -0.2) is 5.43 Å². The molecule has 136 valence electrons. The average Bonchev–Trinajstić information content (AvgIpc) is 2.62. The van der Waals surface area contributed by atoms with E-state index in [9.17, 15) is 9.59 Å². The minimum Gasteiger partial charge on any atom is -0.494 e. The Hall–Kier alpha value is -2.57. The van der Waals surface area contributed by atoms with Gasteiger partial charge in [0.15, 0.2) is 0 Å². The SMILES string of the molecule is CCOc1ccc(C(=O)NCC(=O)N/N=C\c2ccc(Cl)cc2Cl)cc1. The van der Waals surface area contributed by atoms with Gasteiger partial charge in [-0.05, 0) is 43.3 Å². The van der Waals surface area contributed by atoms with E-state index in [4.69, 9.17) is 27.9 Å². The Balaban J connectivity index is 1.80. The maximum atomic E-state index is 12.0. The summed E-state index contributed by atoms with van der Waals surface area (Å²) in [6.45, 7) is 2.22. The van der Waals surface area contributed by atoms with E-state index < -0.39 is 5.91 Å². The van der Waals surface area contributed by atoms with Gasteiger partial charge in [-0.15, -0.1) is 0 Å². The van der Waals surface area contributed by atoms with Gasteiger partial charge in [0.1, 0.15) is 5.75 Å². The molecule has 0 aliphatic rings. The van der Waals surface area contributed by atoms with Crippen LogP contribution in [0.4, 0.5) is 0 Å². The number of hydrazone groups is 1. The third-order valence-electron chi connectivity index (χ3n) is 3.19. The third-order valence-corrected chi connectivity index (χ3v) is 3.75. The molecule has 8 heteroatoms. The lowest BCUT2D eigenvalue weighted by Gasteiger charge is -2.06. The molecule has 0 aliphatic carbocycles. The van der Waals surface area contributed by atoms with E-state index in [1.54, 1.807) is 42.5 Å². The molecule has 6 nitrogen and oxygen atoms in total. The lowest BCUT2D eigenvalue weighted by atomic mass is 10.2. The highest BCUT2D eigenvalue weighted by atomic mass is 35.5. The smallest absolute Gasteiger partial charge is 0.259 e. The second-order valence-corrected chi connectivity index (χ2v) is 5.94. The first-order chi connectivity index (χ1) is 12.5. The fourth-order valence-electron chi connectivity index (χ4n) is 1.95. The van der Waals surface area contributed by atoms with E-state index >= 15 is 0 Å². The fourth-order valence-corrected chi connectivity index (χ4v) is 2.41. The largest absolute Gasteiger partial charge is 0.494 e. The van der Waals surface area contributed by atoms with Gasteiger partial charge in [0.25, 0.3) is 11.8 Å². The molecule has 2 aromatic rings. The molecule has 0 saturated carbocycles. The van der Waals surface area contributed by atoms with Crippen molar-refractivity contribution >= 4 is 41.2 Å². The number of nitrogens with one attached hydrogen (secondary N) is 2. The summed E-state index contributed by atoms with van der Waals surface area (Å²) in [5.41, 5.74) is 3.34. The number of carbonyl (C=O) groups is 2. The molecule has 0 unspecified atom stereocenters. The van der Waals surface area contributed by atoms with Gasteiger partial charge >= 0.3 is 0 Å². The third kappa shape index (κ3) is 6.06. The molecular formula is C18H17Cl2N3O3. The second kappa shape index (κ2) is 9.79. The maximum absolute atomic E-state index is 12.0. The summed E-state index contributed by atoms with van der Waals surface area (Å²) in [7, 11) is 0. The molecule has 0 aromatic heterocycles. The van der Waals surface area contributed by atoms with Crippen molar-refractivity contribution in [3.05, 3.63) is 63.6 Å². The van der Waals surface area contributed by atoms with E-state index in [-0.39, 0.29) is 12.5 Å². The van der Waals surface area contributed by atoms with Crippen LogP contribution >= 0.6 is 23.2 Å². The van der Waals surface area contributed by atoms with E-state index in [0.717, 1.165) is 0 Å². The number of ether oxygens (including phenoxy) is 1. The fraction of sp³-hybridized carbons (Fsp3) is 0.167. The Morgan fingerprint density at radius 1 is 1.15 bits per heavy atom. The number of halogens is 2. The molecule has 2 N–H and O–H groups in total. The first-order valence-corrected chi connectivity index (χ1v) is 8.53. The number of rotatable bonds is 7. The van der Waals surface area contributed by atoms with E-state index in [1.807, 2.05) is 6.92 Å². The number of hydrogen-bond donors (Lipinski definition) is 2. The Bertz CT molecular complexity index is 808. The quantitative estimate of drug-likeness (QED) is 0.559. The summed E-state index contributed by atoms with van der Waals surface area (Å²) < 4.78 is 5.31. The minimum atomic E-state index is -0.467. The monoisotopic (exact) mass is 393 g/mol. The van der Waals surface area contributed by atoms with Crippen molar-refractivity contribution in [1.82, 2.24) is 10.7 Å². The Kier molecular flexibility index (Phi) is 7.44. The van der Waals surface area contributed by atoms with Crippen LogP contribution in [0.25, 0.3) is 0 Å². The van der Waals surface area contributed by atoms with Crippen LogP contribution in [-0.2, 0) is 4.79 Å². The summed E-state index contributed by atoms with van der Waals surface area (Å²) in [6.07, 6.45) is 1.39. The van der Waals surface area contributed by atoms with Gasteiger partial charge in [0.05, 0.1) is 24.4 Å². The summed E-state index contributed by atoms with van der Waals surface area (Å²) in [5.74, 6) is -0.157. The number of benzene rings is 2. The zero-order valence-electron chi connectivity index (χ0n) is 14.0. The summed E-state index contributed by atoms with van der Waals surface area (Å²) in [4.78, 5) is 23.7. The normalized spacial score (nSPS) is 10.6. The Morgan fingerprint density at radius 2 is 1.88 bits per heavy atom. The van der Waals surface area contributed by atoms with E-state index in [0.29, 0.717) is 33.5 Å². The Labute approximate surface area is 161 Å². The van der Waals surface area contributed by atoms with Crippen molar-refractivity contribution in [2.45, 2.75) is 6.92 Å². The van der Waals surface area contributed by atoms with E-state index in [1.165, 1.54) is 6.21 Å². The number of nitrogens with zero attached hydrogens (tertiary/aromatic N) is 1. The zero-order valence-corrected chi connectivity index (χ0v) is 15.5. The summed E-state index contributed by atoms with van der Waals surface area (Å²) >= 11 is 11.8. The van der Waals surface area contributed by atoms with Crippen LogP contribution in [0.1, 0.15) is 22.8 Å². The van der Waals surface area contributed by atoms with Gasteiger partial charge in [-0.2, -0.15) is 5.10 Å². The van der Waals surface area contributed by atoms with Crippen LogP contribution < -0.4 is 15.5 Å². The first-order valence-electron chi connectivity index (χ1n) is 7.77. The number of amides is 2. The molecule has 2 rings (SSSR count). The molecule has 2 aromatic carbocycles. The van der Waals surface area contributed by atoms with Crippen LogP contribution in [-0.4, -0.2) is 31.2 Å². The van der Waals surface area contributed by atoms with Crippen LogP contribution in [0.15, 0.2) is 47.6 Å². The van der Waals surface area contributed by atoms with Crippen molar-refractivity contribution in [1.29, 1.82) is 0 Å². The molecular weight excluding hydrogens is 377 g/mol. The highest BCUT2D eigenvalue weighted by molar-refractivity contribution is 6.36. The number of carbonyl (C=O) groups excluding carboxylic acids is 2. The van der Waals surface area contributed by atoms with E-state index in [2.05, 4.69) is 15.8 Å². The minimum absolute atomic E-state index is 0.211. The predicted molar refractivity (Wildman–Crippen MR) is 102 cm³/mol. The molecule has 0 bridgehead atoms. The average molecular weight is 394 g/mol. The van der Waals surface area contributed by atoms with Crippen molar-refractivity contribution < 1.29 is 14.3 Å². The standard InChI is InChI=1S/C18H17Cl2N3O3/c1-2-26-15-7-4-12(5-8-15)18(25)21-11-17(24)23-22-10-13-3-6-14(19)9-16(13)20/h3-10H,2,11H2,1H3,(H,21,25)(H,23,24)/b22-10-. The summed E-state index contributed by atoms with van der Waals surface area (Å²) in [6, 6.07) is 11.5. The van der Waals surface area contributed by atoms with Gasteiger partial charge in [0.2, 0.25) is 0 Å².